The number of benzene rings is 2. The Morgan fingerprint density at radius 2 is 1.08 bits per heavy atom. The van der Waals surface area contributed by atoms with Crippen molar-refractivity contribution in [3.8, 4) is 11.6 Å². The minimum absolute atomic E-state index is 0.417. The number of aromatic nitrogens is 2. The number of halogens is 1. The summed E-state index contributed by atoms with van der Waals surface area (Å²) in [5.41, 5.74) is 5.96. The van der Waals surface area contributed by atoms with Gasteiger partial charge >= 0.3 is 23.9 Å². The average molecular weight is 878 g/mol. The Hall–Kier alpha value is -5.41. The fraction of sp³-hybridized carbons (Fsp3) is 0.463. The monoisotopic (exact) mass is 877 g/mol. The predicted molar refractivity (Wildman–Crippen MR) is 226 cm³/mol. The molecule has 2 fully saturated rings. The molecule has 2 saturated heterocycles. The largest absolute Gasteiger partial charge is 0.507 e. The van der Waals surface area contributed by atoms with Crippen LogP contribution >= 0.6 is 11.6 Å². The number of pyridine rings is 2. The van der Waals surface area contributed by atoms with Gasteiger partial charge in [-0.2, -0.15) is 0 Å². The van der Waals surface area contributed by atoms with Gasteiger partial charge in [0.1, 0.15) is 35.7 Å². The average Bonchev–Trinajstić information content (AvgIpc) is 3.92. The summed E-state index contributed by atoms with van der Waals surface area (Å²) >= 11 is 6.32. The van der Waals surface area contributed by atoms with Crippen LogP contribution in [-0.4, -0.2) is 147 Å². The van der Waals surface area contributed by atoms with Gasteiger partial charge in [0.2, 0.25) is 5.88 Å². The van der Waals surface area contributed by atoms with E-state index in [1.54, 1.807) is 7.11 Å². The number of methoxy groups -OCH3 is 1. The Kier molecular flexibility index (Phi) is 21.5. The van der Waals surface area contributed by atoms with Crippen molar-refractivity contribution < 1.29 is 69.9 Å². The van der Waals surface area contributed by atoms with Crippen molar-refractivity contribution in [3.05, 3.63) is 58.6 Å². The molecule has 6 rings (SSSR count). The van der Waals surface area contributed by atoms with Gasteiger partial charge in [-0.25, -0.2) is 29.1 Å². The summed E-state index contributed by atoms with van der Waals surface area (Å²) in [5, 5.41) is 79.6. The normalized spacial score (nSPS) is 15.5. The number of phenolic OH excluding ortho intramolecular Hbond substituents is 1. The first-order valence-electron chi connectivity index (χ1n) is 19.3. The Morgan fingerprint density at radius 1 is 0.672 bits per heavy atom. The molecule has 10 N–H and O–H groups in total. The topological polar surface area (TPSA) is 304 Å². The minimum atomic E-state index is -1.23. The molecule has 4 heterocycles. The Morgan fingerprint density at radius 3 is 1.46 bits per heavy atom. The number of nitrogens with one attached hydrogen (secondary N) is 1. The van der Waals surface area contributed by atoms with E-state index < -0.39 is 48.3 Å². The maximum atomic E-state index is 11.3. The van der Waals surface area contributed by atoms with Gasteiger partial charge in [0.15, 0.2) is 0 Å². The highest BCUT2D eigenvalue weighted by Gasteiger charge is 2.21. The molecule has 2 aliphatic rings. The number of aliphatic carboxylic acids is 4. The Labute approximate surface area is 357 Å². The van der Waals surface area contributed by atoms with E-state index in [2.05, 4.69) is 27.2 Å². The maximum absolute atomic E-state index is 11.3. The lowest BCUT2D eigenvalue weighted by Gasteiger charge is -2.22. The Bertz CT molecular complexity index is 1960. The van der Waals surface area contributed by atoms with Gasteiger partial charge in [-0.1, -0.05) is 11.6 Å². The highest BCUT2D eigenvalue weighted by molar-refractivity contribution is 6.31. The predicted octanol–water partition coefficient (Wildman–Crippen LogP) is 3.89. The lowest BCUT2D eigenvalue weighted by Crippen LogP contribution is -2.20. The number of nitrogens with zero attached hydrogens (tertiary/aromatic N) is 4. The first-order chi connectivity index (χ1) is 28.6. The minimum Gasteiger partial charge on any atom is -0.507 e. The molecular weight excluding hydrogens is 822 g/mol. The molecule has 0 radical (unpaired) electrons. The number of ether oxygens (including phenoxy) is 1. The van der Waals surface area contributed by atoms with Crippen molar-refractivity contribution >= 4 is 68.8 Å². The van der Waals surface area contributed by atoms with Crippen LogP contribution in [0.4, 0.5) is 11.4 Å². The number of anilines is 2. The number of carboxylic acid groups (broad SMARTS) is 4. The van der Waals surface area contributed by atoms with Crippen molar-refractivity contribution in [1.29, 1.82) is 0 Å². The second-order valence-electron chi connectivity index (χ2n) is 14.2. The third-order valence-electron chi connectivity index (χ3n) is 8.92. The number of aliphatic hydroxyl groups excluding tert-OH is 4. The van der Waals surface area contributed by atoms with E-state index in [0.29, 0.717) is 16.7 Å². The summed E-state index contributed by atoms with van der Waals surface area (Å²) in [6.45, 7) is 10.6. The first-order valence-corrected chi connectivity index (χ1v) is 19.7. The van der Waals surface area contributed by atoms with Gasteiger partial charge in [-0.15, -0.1) is 0 Å². The summed E-state index contributed by atoms with van der Waals surface area (Å²) in [6.07, 6.45) is -0.0752. The lowest BCUT2D eigenvalue weighted by molar-refractivity contribution is -0.146. The number of aliphatic hydroxyl groups is 4. The summed E-state index contributed by atoms with van der Waals surface area (Å²) < 4.78 is 5.43. The van der Waals surface area contributed by atoms with Crippen LogP contribution in [0, 0.1) is 0 Å². The zero-order chi connectivity index (χ0) is 46.0. The van der Waals surface area contributed by atoms with Gasteiger partial charge in [0, 0.05) is 46.4 Å². The van der Waals surface area contributed by atoms with Crippen molar-refractivity contribution in [2.45, 2.75) is 90.9 Å². The highest BCUT2D eigenvalue weighted by atomic mass is 35.5. The number of hydrogen-bond donors (Lipinski definition) is 10. The molecule has 20 heteroatoms. The Balaban J connectivity index is 0.000000437. The zero-order valence-electron chi connectivity index (χ0n) is 34.7. The molecule has 4 aromatic rings. The fourth-order valence-electron chi connectivity index (χ4n) is 5.60. The van der Waals surface area contributed by atoms with Gasteiger partial charge in [-0.3, -0.25) is 9.80 Å². The van der Waals surface area contributed by atoms with Crippen LogP contribution in [0.15, 0.2) is 42.5 Å². The molecule has 19 nitrogen and oxygen atoms in total. The third-order valence-corrected chi connectivity index (χ3v) is 9.15. The number of hydrogen-bond acceptors (Lipinski definition) is 15. The molecule has 2 aliphatic heterocycles. The molecule has 4 atom stereocenters. The van der Waals surface area contributed by atoms with Crippen LogP contribution in [0.1, 0.15) is 64.5 Å². The fourth-order valence-corrected chi connectivity index (χ4v) is 5.76. The maximum Gasteiger partial charge on any atom is 0.332 e. The smallest absolute Gasteiger partial charge is 0.332 e. The van der Waals surface area contributed by atoms with Gasteiger partial charge < -0.3 is 56.0 Å². The third kappa shape index (κ3) is 17.6. The molecule has 61 heavy (non-hydrogen) atoms. The molecule has 2 aromatic heterocycles. The zero-order valence-corrected chi connectivity index (χ0v) is 35.4. The van der Waals surface area contributed by atoms with Crippen molar-refractivity contribution in [1.82, 2.24) is 19.8 Å². The number of likely N-dealkylation sites (tertiary alicyclic amines) is 2. The summed E-state index contributed by atoms with van der Waals surface area (Å²) in [7, 11) is 1.62. The first kappa shape index (κ1) is 51.7. The van der Waals surface area contributed by atoms with E-state index in [1.807, 2.05) is 30.3 Å². The summed E-state index contributed by atoms with van der Waals surface area (Å²) in [6, 6.07) is 13.6. The van der Waals surface area contributed by atoms with E-state index in [0.717, 1.165) is 83.7 Å². The molecule has 4 unspecified atom stereocenters. The van der Waals surface area contributed by atoms with E-state index in [-0.39, 0.29) is 0 Å². The van der Waals surface area contributed by atoms with Crippen LogP contribution in [0.2, 0.25) is 5.02 Å². The number of rotatable bonds is 11. The number of phenols is 1. The number of carbonyl (C=O) groups is 4. The number of carboxylic acids is 4. The number of aromatic hydroxyl groups is 1. The van der Waals surface area contributed by atoms with E-state index in [4.69, 9.17) is 67.2 Å². The molecule has 0 spiro atoms. The van der Waals surface area contributed by atoms with Crippen molar-refractivity contribution in [2.75, 3.05) is 38.6 Å². The van der Waals surface area contributed by atoms with Crippen molar-refractivity contribution in [2.24, 2.45) is 0 Å². The summed E-state index contributed by atoms with van der Waals surface area (Å²) in [5.74, 6) is -3.80. The standard InChI is InChI=1S/C29H32ClN5O2.4C3H6O3/c1-37-26-9-8-24-28(33-26)27(23-7-6-21(30)16-25(23)32-24)31-22-14-19(17-34-10-2-3-11-34)29(36)20(15-22)18-35-12-4-5-13-35;4*1-2(4)3(5)6/h6-9,14-16,36H,2-5,10-13,17-18H2,1H3,(H,31,32);4*2,4H,1H3,(H,5,6). The van der Waals surface area contributed by atoms with Crippen molar-refractivity contribution in [3.63, 3.8) is 0 Å². The van der Waals surface area contributed by atoms with Crippen LogP contribution in [-0.2, 0) is 32.3 Å². The number of fused-ring (bicyclic) bond motifs is 2. The second-order valence-corrected chi connectivity index (χ2v) is 14.6. The molecule has 0 bridgehead atoms. The van der Waals surface area contributed by atoms with Crippen LogP contribution in [0.3, 0.4) is 0 Å². The van der Waals surface area contributed by atoms with E-state index >= 15 is 0 Å². The molecule has 336 valence electrons. The molecule has 0 aliphatic carbocycles. The van der Waals surface area contributed by atoms with Gasteiger partial charge in [0.05, 0.1) is 23.8 Å². The molecule has 2 aromatic carbocycles. The molecular formula is C41H56ClN5O14. The lowest BCUT2D eigenvalue weighted by atomic mass is 10.0. The molecule has 0 saturated carbocycles. The second kappa shape index (κ2) is 25.4. The summed E-state index contributed by atoms with van der Waals surface area (Å²) in [4.78, 5) is 52.2. The quantitative estimate of drug-likeness (QED) is 0.0755. The molecule has 0 amide bonds. The van der Waals surface area contributed by atoms with Crippen LogP contribution < -0.4 is 10.1 Å². The van der Waals surface area contributed by atoms with Gasteiger partial charge in [-0.05, 0) is 116 Å². The van der Waals surface area contributed by atoms with Crippen LogP contribution in [0.5, 0.6) is 11.6 Å². The van der Waals surface area contributed by atoms with Crippen LogP contribution in [0.25, 0.3) is 21.9 Å². The highest BCUT2D eigenvalue weighted by Crippen LogP contribution is 2.37. The van der Waals surface area contributed by atoms with E-state index in [9.17, 15) is 24.3 Å². The van der Waals surface area contributed by atoms with Gasteiger partial charge in [0.25, 0.3) is 0 Å². The SMILES string of the molecule is CC(O)C(=O)O.CC(O)C(=O)O.CC(O)C(=O)O.CC(O)C(=O)O.COc1ccc2nc3cc(Cl)ccc3c(Nc3cc(CN4CCCC4)c(O)c(CN4CCCC4)c3)c2n1. The van der Waals surface area contributed by atoms with E-state index in [1.165, 1.54) is 53.4 Å².